The van der Waals surface area contributed by atoms with E-state index in [9.17, 15) is 18.0 Å². The van der Waals surface area contributed by atoms with E-state index in [1.165, 1.54) is 7.11 Å². The van der Waals surface area contributed by atoms with E-state index in [1.54, 1.807) is 37.3 Å². The fraction of sp³-hybridized carbons (Fsp3) is 0.462. The normalized spacial score (nSPS) is 15.2. The third kappa shape index (κ3) is 3.57. The van der Waals surface area contributed by atoms with E-state index in [-0.39, 0.29) is 6.61 Å². The maximum absolute atomic E-state index is 12.3. The minimum atomic E-state index is -4.80. The van der Waals surface area contributed by atoms with Gasteiger partial charge >= 0.3 is 6.18 Å². The Morgan fingerprint density at radius 1 is 1.22 bits per heavy atom. The van der Waals surface area contributed by atoms with Gasteiger partial charge in [0, 0.05) is 18.9 Å². The third-order valence-corrected chi connectivity index (χ3v) is 2.80. The highest BCUT2D eigenvalue weighted by Crippen LogP contribution is 2.32. The Labute approximate surface area is 104 Å². The van der Waals surface area contributed by atoms with Crippen LogP contribution in [-0.4, -0.2) is 25.7 Å². The summed E-state index contributed by atoms with van der Waals surface area (Å²) in [5.74, 6) is -1.73. The molecule has 0 amide bonds. The molecular weight excluding hydrogens is 245 g/mol. The van der Waals surface area contributed by atoms with Gasteiger partial charge in [-0.3, -0.25) is 4.79 Å². The second-order valence-electron chi connectivity index (χ2n) is 4.46. The van der Waals surface area contributed by atoms with Gasteiger partial charge in [-0.2, -0.15) is 13.2 Å². The highest BCUT2D eigenvalue weighted by molar-refractivity contribution is 5.85. The molecule has 0 N–H and O–H groups in total. The first-order valence-corrected chi connectivity index (χ1v) is 5.44. The van der Waals surface area contributed by atoms with E-state index in [0.717, 1.165) is 0 Å². The molecule has 0 radical (unpaired) electrons. The topological polar surface area (TPSA) is 26.3 Å². The molecule has 100 valence electrons. The second-order valence-corrected chi connectivity index (χ2v) is 4.46. The van der Waals surface area contributed by atoms with Crippen LogP contribution in [0.3, 0.4) is 0 Å². The first kappa shape index (κ1) is 14.7. The predicted molar refractivity (Wildman–Crippen MR) is 61.3 cm³/mol. The lowest BCUT2D eigenvalue weighted by atomic mass is 9.79. The van der Waals surface area contributed by atoms with Crippen LogP contribution >= 0.6 is 0 Å². The van der Waals surface area contributed by atoms with E-state index in [2.05, 4.69) is 0 Å². The molecule has 0 fully saturated rings. The molecule has 0 saturated carbocycles. The van der Waals surface area contributed by atoms with Crippen molar-refractivity contribution >= 4 is 5.78 Å². The number of rotatable bonds is 5. The molecule has 2 nitrogen and oxygen atoms in total. The smallest absolute Gasteiger partial charge is 0.384 e. The number of Topliss-reactive ketones (excluding diaryl/α,β-unsaturated/α-hetero) is 1. The van der Waals surface area contributed by atoms with Crippen molar-refractivity contribution in [2.75, 3.05) is 13.7 Å². The lowest BCUT2D eigenvalue weighted by Gasteiger charge is -2.29. The second kappa shape index (κ2) is 5.52. The molecule has 1 rings (SSSR count). The van der Waals surface area contributed by atoms with E-state index >= 15 is 0 Å². The zero-order chi connectivity index (χ0) is 13.8. The van der Waals surface area contributed by atoms with Crippen molar-refractivity contribution < 1.29 is 22.7 Å². The number of halogens is 3. The fourth-order valence-electron chi connectivity index (χ4n) is 1.85. The van der Waals surface area contributed by atoms with Gasteiger partial charge in [-0.15, -0.1) is 0 Å². The summed E-state index contributed by atoms with van der Waals surface area (Å²) in [5.41, 5.74) is -0.313. The molecule has 1 unspecified atom stereocenters. The van der Waals surface area contributed by atoms with E-state index in [4.69, 9.17) is 4.74 Å². The van der Waals surface area contributed by atoms with Crippen LogP contribution in [0.25, 0.3) is 0 Å². The van der Waals surface area contributed by atoms with Gasteiger partial charge in [-0.1, -0.05) is 37.3 Å². The summed E-state index contributed by atoms with van der Waals surface area (Å²) in [7, 11) is 1.40. The van der Waals surface area contributed by atoms with Gasteiger partial charge in [0.1, 0.15) is 0 Å². The molecular formula is C13H15F3O2. The molecule has 0 aromatic heterocycles. The molecule has 1 atom stereocenters. The van der Waals surface area contributed by atoms with Crippen LogP contribution in [0.1, 0.15) is 18.9 Å². The van der Waals surface area contributed by atoms with Crippen LogP contribution in [0, 0.1) is 0 Å². The van der Waals surface area contributed by atoms with Crippen LogP contribution < -0.4 is 0 Å². The molecule has 5 heteroatoms. The van der Waals surface area contributed by atoms with Crippen molar-refractivity contribution in [2.45, 2.75) is 24.9 Å². The Bertz CT molecular complexity index is 400. The van der Waals surface area contributed by atoms with Crippen molar-refractivity contribution in [2.24, 2.45) is 0 Å². The number of alkyl halides is 3. The number of ketones is 1. The Hall–Kier alpha value is -1.36. The van der Waals surface area contributed by atoms with Gasteiger partial charge < -0.3 is 4.74 Å². The van der Waals surface area contributed by atoms with E-state index in [0.29, 0.717) is 5.56 Å². The van der Waals surface area contributed by atoms with Crippen LogP contribution in [-0.2, 0) is 14.9 Å². The standard InChI is InChI=1S/C13H15F3O2/c1-12(9-18-2,8-11(17)13(14,15)16)10-6-4-3-5-7-10/h3-7H,8-9H2,1-2H3. The van der Waals surface area contributed by atoms with Crippen LogP contribution in [0.2, 0.25) is 0 Å². The monoisotopic (exact) mass is 260 g/mol. The highest BCUT2D eigenvalue weighted by Gasteiger charge is 2.43. The summed E-state index contributed by atoms with van der Waals surface area (Å²) in [6.45, 7) is 1.65. The Morgan fingerprint density at radius 3 is 2.22 bits per heavy atom. The molecule has 1 aromatic rings. The summed E-state index contributed by atoms with van der Waals surface area (Å²) >= 11 is 0. The summed E-state index contributed by atoms with van der Waals surface area (Å²) in [5, 5.41) is 0. The first-order valence-electron chi connectivity index (χ1n) is 5.44. The average molecular weight is 260 g/mol. The van der Waals surface area contributed by atoms with Gasteiger partial charge in [0.05, 0.1) is 6.61 Å². The molecule has 0 saturated heterocycles. The van der Waals surface area contributed by atoms with Gasteiger partial charge in [-0.05, 0) is 5.56 Å². The van der Waals surface area contributed by atoms with E-state index < -0.39 is 23.8 Å². The largest absolute Gasteiger partial charge is 0.450 e. The lowest BCUT2D eigenvalue weighted by Crippen LogP contribution is -2.36. The summed E-state index contributed by atoms with van der Waals surface area (Å²) in [6, 6.07) is 8.61. The zero-order valence-electron chi connectivity index (χ0n) is 10.3. The molecule has 0 aliphatic heterocycles. The molecule has 0 aliphatic rings. The number of carbonyl (C=O) groups excluding carboxylic acids is 1. The van der Waals surface area contributed by atoms with Gasteiger partial charge in [0.25, 0.3) is 0 Å². The maximum atomic E-state index is 12.3. The number of hydrogen-bond acceptors (Lipinski definition) is 2. The molecule has 0 bridgehead atoms. The molecule has 0 heterocycles. The van der Waals surface area contributed by atoms with Crippen molar-refractivity contribution in [3.05, 3.63) is 35.9 Å². The average Bonchev–Trinajstić information content (AvgIpc) is 2.29. The number of benzene rings is 1. The van der Waals surface area contributed by atoms with Crippen molar-refractivity contribution in [1.29, 1.82) is 0 Å². The van der Waals surface area contributed by atoms with Crippen molar-refractivity contribution in [3.8, 4) is 0 Å². The van der Waals surface area contributed by atoms with Gasteiger partial charge in [0.15, 0.2) is 0 Å². The Kier molecular flexibility index (Phi) is 4.51. The highest BCUT2D eigenvalue weighted by atomic mass is 19.4. The molecule has 0 spiro atoms. The fourth-order valence-corrected chi connectivity index (χ4v) is 1.85. The zero-order valence-corrected chi connectivity index (χ0v) is 10.3. The van der Waals surface area contributed by atoms with Crippen molar-refractivity contribution in [1.82, 2.24) is 0 Å². The Balaban J connectivity index is 2.98. The van der Waals surface area contributed by atoms with Crippen LogP contribution in [0.4, 0.5) is 13.2 Å². The quantitative estimate of drug-likeness (QED) is 0.813. The van der Waals surface area contributed by atoms with Crippen molar-refractivity contribution in [3.63, 3.8) is 0 Å². The third-order valence-electron chi connectivity index (χ3n) is 2.80. The summed E-state index contributed by atoms with van der Waals surface area (Å²) in [6.07, 6.45) is -5.42. The predicted octanol–water partition coefficient (Wildman–Crippen LogP) is 3.11. The van der Waals surface area contributed by atoms with Crippen LogP contribution in [0.5, 0.6) is 0 Å². The summed E-state index contributed by atoms with van der Waals surface area (Å²) < 4.78 is 42.0. The van der Waals surface area contributed by atoms with Gasteiger partial charge in [0.2, 0.25) is 5.78 Å². The minimum Gasteiger partial charge on any atom is -0.384 e. The van der Waals surface area contributed by atoms with Gasteiger partial charge in [-0.25, -0.2) is 0 Å². The number of methoxy groups -OCH3 is 1. The molecule has 18 heavy (non-hydrogen) atoms. The molecule has 1 aromatic carbocycles. The summed E-state index contributed by atoms with van der Waals surface area (Å²) in [4.78, 5) is 11.1. The Morgan fingerprint density at radius 2 is 1.78 bits per heavy atom. The SMILES string of the molecule is COCC(C)(CC(=O)C(F)(F)F)c1ccccc1. The maximum Gasteiger partial charge on any atom is 0.450 e. The van der Waals surface area contributed by atoms with E-state index in [1.807, 2.05) is 0 Å². The molecule has 0 aliphatic carbocycles. The lowest BCUT2D eigenvalue weighted by molar-refractivity contribution is -0.172. The number of ether oxygens (including phenoxy) is 1. The minimum absolute atomic E-state index is 0.0544. The number of hydrogen-bond donors (Lipinski definition) is 0. The first-order chi connectivity index (χ1) is 8.29. The number of carbonyl (C=O) groups is 1. The van der Waals surface area contributed by atoms with Crippen LogP contribution in [0.15, 0.2) is 30.3 Å².